The van der Waals surface area contributed by atoms with Crippen LogP contribution in [0.15, 0.2) is 18.2 Å². The summed E-state index contributed by atoms with van der Waals surface area (Å²) in [6.07, 6.45) is 4.94. The predicted molar refractivity (Wildman–Crippen MR) is 90.1 cm³/mol. The topological polar surface area (TPSA) is 75.4 Å². The number of nitrogens with one attached hydrogen (secondary N) is 1. The first-order valence-electron chi connectivity index (χ1n) is 8.50. The molecular formula is C18H25N3O2. The minimum atomic E-state index is -0.222. The fourth-order valence-corrected chi connectivity index (χ4v) is 3.63. The summed E-state index contributed by atoms with van der Waals surface area (Å²) in [5.74, 6) is -0.251. The third-order valence-electron chi connectivity index (χ3n) is 5.23. The van der Waals surface area contributed by atoms with Crippen molar-refractivity contribution in [1.82, 2.24) is 4.90 Å². The van der Waals surface area contributed by atoms with Crippen molar-refractivity contribution < 1.29 is 9.59 Å². The molecule has 1 aromatic carbocycles. The second-order valence-electron chi connectivity index (χ2n) is 6.71. The molecule has 1 aromatic rings. The molecule has 1 unspecified atom stereocenters. The van der Waals surface area contributed by atoms with E-state index in [2.05, 4.69) is 22.3 Å². The zero-order valence-electron chi connectivity index (χ0n) is 13.7. The Morgan fingerprint density at radius 3 is 2.61 bits per heavy atom. The molecule has 3 rings (SSSR count). The quantitative estimate of drug-likeness (QED) is 0.888. The summed E-state index contributed by atoms with van der Waals surface area (Å²) < 4.78 is 0. The minimum Gasteiger partial charge on any atom is -0.369 e. The number of nitrogens with two attached hydrogens (primary N) is 1. The molecule has 1 aliphatic carbocycles. The van der Waals surface area contributed by atoms with Crippen molar-refractivity contribution in [2.45, 2.75) is 45.1 Å². The van der Waals surface area contributed by atoms with Gasteiger partial charge in [-0.05, 0) is 75.4 Å². The molecule has 5 heteroatoms. The lowest BCUT2D eigenvalue weighted by molar-refractivity contribution is -0.124. The lowest BCUT2D eigenvalue weighted by atomic mass is 9.95. The van der Waals surface area contributed by atoms with Gasteiger partial charge in [0, 0.05) is 11.6 Å². The van der Waals surface area contributed by atoms with Gasteiger partial charge in [-0.1, -0.05) is 6.07 Å². The zero-order chi connectivity index (χ0) is 16.4. The molecule has 0 aromatic heterocycles. The smallest absolute Gasteiger partial charge is 0.241 e. The number of amides is 2. The molecule has 2 amide bonds. The number of fused-ring (bicyclic) bond motifs is 1. The Morgan fingerprint density at radius 1 is 1.22 bits per heavy atom. The van der Waals surface area contributed by atoms with Gasteiger partial charge in [0.25, 0.3) is 0 Å². The van der Waals surface area contributed by atoms with Crippen LogP contribution < -0.4 is 11.1 Å². The van der Waals surface area contributed by atoms with Gasteiger partial charge in [0.15, 0.2) is 0 Å². The third kappa shape index (κ3) is 3.55. The average Bonchev–Trinajstić information content (AvgIpc) is 3.01. The molecule has 5 nitrogen and oxygen atoms in total. The standard InChI is InChI=1S/C18H25N3O2/c1-12(21-9-7-14(8-10-21)17(19)22)18(23)20-16-6-5-13-3-2-4-15(13)11-16/h5-6,11-12,14H,2-4,7-10H2,1H3,(H2,19,22)(H,20,23). The van der Waals surface area contributed by atoms with E-state index in [0.29, 0.717) is 0 Å². The largest absolute Gasteiger partial charge is 0.369 e. The number of likely N-dealkylation sites (tertiary alicyclic amines) is 1. The molecule has 0 radical (unpaired) electrons. The number of primary amides is 1. The number of hydrogen-bond donors (Lipinski definition) is 2. The van der Waals surface area contributed by atoms with E-state index >= 15 is 0 Å². The maximum atomic E-state index is 12.5. The highest BCUT2D eigenvalue weighted by molar-refractivity contribution is 5.94. The fraction of sp³-hybridized carbons (Fsp3) is 0.556. The van der Waals surface area contributed by atoms with Crippen molar-refractivity contribution in [2.24, 2.45) is 11.7 Å². The van der Waals surface area contributed by atoms with Gasteiger partial charge < -0.3 is 11.1 Å². The maximum absolute atomic E-state index is 12.5. The number of rotatable bonds is 4. The van der Waals surface area contributed by atoms with Crippen LogP contribution in [0.5, 0.6) is 0 Å². The van der Waals surface area contributed by atoms with Crippen LogP contribution in [0.25, 0.3) is 0 Å². The van der Waals surface area contributed by atoms with Gasteiger partial charge in [-0.25, -0.2) is 0 Å². The first-order chi connectivity index (χ1) is 11.0. The van der Waals surface area contributed by atoms with Crippen molar-refractivity contribution in [3.8, 4) is 0 Å². The highest BCUT2D eigenvalue weighted by atomic mass is 16.2. The molecular weight excluding hydrogens is 290 g/mol. The van der Waals surface area contributed by atoms with Gasteiger partial charge in [0.2, 0.25) is 11.8 Å². The first-order valence-corrected chi connectivity index (χ1v) is 8.50. The number of nitrogens with zero attached hydrogens (tertiary/aromatic N) is 1. The van der Waals surface area contributed by atoms with E-state index in [1.54, 1.807) is 0 Å². The zero-order valence-corrected chi connectivity index (χ0v) is 13.7. The molecule has 0 spiro atoms. The van der Waals surface area contributed by atoms with E-state index in [1.165, 1.54) is 17.5 Å². The number of carbonyl (C=O) groups excluding carboxylic acids is 2. The Kier molecular flexibility index (Phi) is 4.66. The van der Waals surface area contributed by atoms with Crippen LogP contribution in [-0.4, -0.2) is 35.8 Å². The molecule has 23 heavy (non-hydrogen) atoms. The monoisotopic (exact) mass is 315 g/mol. The first kappa shape index (κ1) is 16.0. The summed E-state index contributed by atoms with van der Waals surface area (Å²) in [5.41, 5.74) is 9.01. The van der Waals surface area contributed by atoms with Crippen molar-refractivity contribution >= 4 is 17.5 Å². The van der Waals surface area contributed by atoms with E-state index in [9.17, 15) is 9.59 Å². The average molecular weight is 315 g/mol. The Bertz CT molecular complexity index is 606. The molecule has 124 valence electrons. The number of aryl methyl sites for hydroxylation is 2. The number of benzene rings is 1. The van der Waals surface area contributed by atoms with Crippen molar-refractivity contribution in [3.63, 3.8) is 0 Å². The van der Waals surface area contributed by atoms with Crippen LogP contribution in [-0.2, 0) is 22.4 Å². The highest BCUT2D eigenvalue weighted by Gasteiger charge is 2.28. The second-order valence-corrected chi connectivity index (χ2v) is 6.71. The Morgan fingerprint density at radius 2 is 1.91 bits per heavy atom. The molecule has 1 aliphatic heterocycles. The summed E-state index contributed by atoms with van der Waals surface area (Å²) in [5, 5.41) is 3.03. The van der Waals surface area contributed by atoms with E-state index in [-0.39, 0.29) is 23.8 Å². The van der Waals surface area contributed by atoms with Gasteiger partial charge in [0.05, 0.1) is 6.04 Å². The molecule has 1 saturated heterocycles. The maximum Gasteiger partial charge on any atom is 0.241 e. The van der Waals surface area contributed by atoms with E-state index < -0.39 is 0 Å². The molecule has 2 aliphatic rings. The third-order valence-corrected chi connectivity index (χ3v) is 5.23. The number of carbonyl (C=O) groups is 2. The molecule has 3 N–H and O–H groups in total. The number of hydrogen-bond acceptors (Lipinski definition) is 3. The Labute approximate surface area is 137 Å². The Hall–Kier alpha value is -1.88. The number of piperidine rings is 1. The summed E-state index contributed by atoms with van der Waals surface area (Å²) in [6.45, 7) is 3.41. The van der Waals surface area contributed by atoms with Gasteiger partial charge >= 0.3 is 0 Å². The van der Waals surface area contributed by atoms with Crippen molar-refractivity contribution in [1.29, 1.82) is 0 Å². The van der Waals surface area contributed by atoms with Crippen LogP contribution in [0, 0.1) is 5.92 Å². The van der Waals surface area contributed by atoms with Crippen LogP contribution in [0.4, 0.5) is 5.69 Å². The normalized spacial score (nSPS) is 20.0. The van der Waals surface area contributed by atoms with Crippen LogP contribution in [0.2, 0.25) is 0 Å². The van der Waals surface area contributed by atoms with E-state index in [4.69, 9.17) is 5.73 Å². The lowest BCUT2D eigenvalue weighted by Gasteiger charge is -2.34. The molecule has 0 saturated carbocycles. The van der Waals surface area contributed by atoms with Gasteiger partial charge in [-0.15, -0.1) is 0 Å². The summed E-state index contributed by atoms with van der Waals surface area (Å²) in [4.78, 5) is 25.8. The summed E-state index contributed by atoms with van der Waals surface area (Å²) >= 11 is 0. The summed E-state index contributed by atoms with van der Waals surface area (Å²) in [6, 6.07) is 6.03. The molecule has 1 atom stereocenters. The van der Waals surface area contributed by atoms with Crippen LogP contribution in [0.3, 0.4) is 0 Å². The number of anilines is 1. The molecule has 1 fully saturated rings. The van der Waals surface area contributed by atoms with Crippen LogP contribution in [0.1, 0.15) is 37.3 Å². The van der Waals surface area contributed by atoms with Crippen LogP contribution >= 0.6 is 0 Å². The Balaban J connectivity index is 1.57. The molecule has 0 bridgehead atoms. The van der Waals surface area contributed by atoms with Gasteiger partial charge in [-0.2, -0.15) is 0 Å². The SMILES string of the molecule is CC(C(=O)Nc1ccc2c(c1)CCC2)N1CCC(C(N)=O)CC1. The van der Waals surface area contributed by atoms with E-state index in [1.807, 2.05) is 13.0 Å². The minimum absolute atomic E-state index is 0.0143. The van der Waals surface area contributed by atoms with Gasteiger partial charge in [-0.3, -0.25) is 14.5 Å². The van der Waals surface area contributed by atoms with Crippen molar-refractivity contribution in [2.75, 3.05) is 18.4 Å². The predicted octanol–water partition coefficient (Wildman–Crippen LogP) is 1.70. The second kappa shape index (κ2) is 6.71. The fourth-order valence-electron chi connectivity index (χ4n) is 3.63. The lowest BCUT2D eigenvalue weighted by Crippen LogP contribution is -2.47. The highest BCUT2D eigenvalue weighted by Crippen LogP contribution is 2.25. The van der Waals surface area contributed by atoms with Gasteiger partial charge in [0.1, 0.15) is 0 Å². The molecule has 1 heterocycles. The summed E-state index contributed by atoms with van der Waals surface area (Å²) in [7, 11) is 0. The van der Waals surface area contributed by atoms with E-state index in [0.717, 1.165) is 44.5 Å². The van der Waals surface area contributed by atoms with Crippen molar-refractivity contribution in [3.05, 3.63) is 29.3 Å².